The molecule has 0 amide bonds. The zero-order valence-electron chi connectivity index (χ0n) is 99.2. The predicted molar refractivity (Wildman–Crippen MR) is 598 cm³/mol. The number of methoxy groups -OCH3 is 12. The molecule has 830 valence electrons. The van der Waals surface area contributed by atoms with Crippen molar-refractivity contribution in [3.8, 4) is 0 Å². The van der Waals surface area contributed by atoms with Crippen molar-refractivity contribution in [2.45, 2.75) is 329 Å². The molecule has 0 saturated carbocycles. The van der Waals surface area contributed by atoms with E-state index in [0.717, 1.165) is 92.7 Å². The fraction of sp³-hybridized carbons (Fsp3) is 0.700. The van der Waals surface area contributed by atoms with Crippen LogP contribution < -0.4 is 0 Å². The molecule has 11 unspecified atom stereocenters. The first kappa shape index (κ1) is 152. The number of thioether (sulfide) groups is 1. The van der Waals surface area contributed by atoms with Crippen molar-refractivity contribution in [3.63, 3.8) is 0 Å². The Bertz CT molecular complexity index is 3790. The summed E-state index contributed by atoms with van der Waals surface area (Å²) in [4.78, 5) is 112. The fourth-order valence-electron chi connectivity index (χ4n) is 14.1. The van der Waals surface area contributed by atoms with Crippen molar-refractivity contribution in [3.05, 3.63) is 157 Å². The highest BCUT2D eigenvalue weighted by molar-refractivity contribution is 7.98. The van der Waals surface area contributed by atoms with Crippen molar-refractivity contribution in [1.82, 2.24) is 0 Å². The van der Waals surface area contributed by atoms with Crippen molar-refractivity contribution >= 4 is 71.5 Å². The van der Waals surface area contributed by atoms with Crippen molar-refractivity contribution in [2.75, 3.05) is 97.3 Å². The van der Waals surface area contributed by atoms with Gasteiger partial charge in [0.1, 0.15) is 0 Å². The highest BCUT2D eigenvalue weighted by Crippen LogP contribution is 2.40. The summed E-state index contributed by atoms with van der Waals surface area (Å²) in [7, 11) is 17.5. The van der Waals surface area contributed by atoms with Gasteiger partial charge >= 0.3 is 59.7 Å². The second-order valence-corrected chi connectivity index (χ2v) is 42.6. The molecule has 1 rings (SSSR count). The number of hydrogen-bond acceptors (Lipinski definition) is 23. The zero-order chi connectivity index (χ0) is 114. The largest absolute Gasteiger partial charge is 0.469 e. The number of hydrogen-bond donors (Lipinski definition) is 0. The van der Waals surface area contributed by atoms with Crippen LogP contribution in [0.1, 0.15) is 323 Å². The van der Waals surface area contributed by atoms with Crippen LogP contribution in [0.2, 0.25) is 0 Å². The van der Waals surface area contributed by atoms with E-state index in [1.54, 1.807) is 26.0 Å². The molecule has 0 spiro atoms. The van der Waals surface area contributed by atoms with Gasteiger partial charge in [-0.3, -0.25) is 47.9 Å². The first-order valence-electron chi connectivity index (χ1n) is 51.1. The standard InChI is InChI=1S/C15H20O2.C13H24O3.2C13H24O2.C12H22O3.C12H22O2S.C12H22O2.C11H20O2.C10H18O2.C9H16O2/c1-11(2)12(3)14(10-15(16)17-4)13-8-6-5-7-9-13;1-9(2)10(3)11(8-12(14)15-6)13(4,5)16-7;1-9(2)10(3)11(13(4,5)6)8-12(14)15-7;1-7-10(4)12(8-13(14)15-6)11(5)9(2)3;1-8(2)9(3)11(10(4)14-5)7-12(13)15-6;1-9(2)10(3)11(6-7-15-5)8-12(13)14-4;1-8(2)10(5)11(9(3)4)7-12(13)14-6;1-6-10(7-11(12)13-5)9(4)8(2)3;1-7(2)9(4)8(3)6-10(11)12-5;1-7(2)8(3)5-6-9(10)11-4/h5-9,11,14H,3,10H2,1-2,4H3;9,11H,3,8H2,1-2,4-7H3;9,11H,3,8H2,1-2,4-7H3;9-10,12H,5,7-8H2,1-4,6H3;8,10-11H,3,7H2,1-2,4-6H3;9,11H,3,6-8H2,1-2,4-5H3;8-9,11H,5,7H2,1-4,6H3;8,10H,4,6-7H2,1-3,5H3;7-8H,4,6H2,1-3,5H3;7H,3,5-6H2,1-2,4H3. The Morgan fingerprint density at radius 2 is 0.608 bits per heavy atom. The third-order valence-corrected chi connectivity index (χ3v) is 26.9. The molecule has 11 atom stereocenters. The molecule has 0 bridgehead atoms. The summed E-state index contributed by atoms with van der Waals surface area (Å²) in [5.41, 5.74) is 11.9. The molecule has 0 aliphatic rings. The Morgan fingerprint density at radius 1 is 0.308 bits per heavy atom. The van der Waals surface area contributed by atoms with E-state index in [4.69, 9.17) is 33.2 Å². The first-order chi connectivity index (χ1) is 65.9. The molecule has 0 N–H and O–H groups in total. The quantitative estimate of drug-likeness (QED) is 0.0333. The molecule has 143 heavy (non-hydrogen) atoms. The molecule has 1 aromatic carbocycles. The smallest absolute Gasteiger partial charge is 0.306 e. The molecule has 0 fully saturated rings. The lowest BCUT2D eigenvalue weighted by atomic mass is 9.72. The number of ether oxygens (including phenoxy) is 12. The average molecular weight is 2040 g/mol. The fourth-order valence-corrected chi connectivity index (χ4v) is 14.6. The van der Waals surface area contributed by atoms with Gasteiger partial charge in [0.25, 0.3) is 0 Å². The van der Waals surface area contributed by atoms with E-state index in [0.29, 0.717) is 135 Å². The molecule has 22 nitrogen and oxygen atoms in total. The van der Waals surface area contributed by atoms with E-state index in [9.17, 15) is 47.9 Å². The third-order valence-electron chi connectivity index (χ3n) is 26.3. The van der Waals surface area contributed by atoms with E-state index in [-0.39, 0.29) is 124 Å². The summed E-state index contributed by atoms with van der Waals surface area (Å²) in [6, 6.07) is 9.99. The van der Waals surface area contributed by atoms with Gasteiger partial charge in [0.05, 0.1) is 141 Å². The van der Waals surface area contributed by atoms with Gasteiger partial charge in [0.15, 0.2) is 0 Å². The lowest BCUT2D eigenvalue weighted by Crippen LogP contribution is -2.37. The third kappa shape index (κ3) is 73.3. The Morgan fingerprint density at radius 3 is 0.923 bits per heavy atom. The highest BCUT2D eigenvalue weighted by Gasteiger charge is 2.36. The first-order valence-corrected chi connectivity index (χ1v) is 52.4. The van der Waals surface area contributed by atoms with Crippen molar-refractivity contribution in [2.24, 2.45) is 124 Å². The summed E-state index contributed by atoms with van der Waals surface area (Å²) in [6.07, 6.45) is 9.99. The molecule has 0 radical (unpaired) electrons. The van der Waals surface area contributed by atoms with E-state index < -0.39 is 5.60 Å². The summed E-state index contributed by atoms with van der Waals surface area (Å²) in [5, 5.41) is 0. The van der Waals surface area contributed by atoms with Gasteiger partial charge in [0, 0.05) is 38.4 Å². The zero-order valence-corrected chi connectivity index (χ0v) is 100.0. The number of esters is 10. The summed E-state index contributed by atoms with van der Waals surface area (Å²) in [6.45, 7) is 107. The minimum absolute atomic E-state index is 0.0148. The SMILES string of the molecule is C=C(C(C)C)C(C)CC(=O)OC.C=C(C(C)C)C(CC(=O)OC)C(C)(C)C.C=C(C(C)C)C(CC(=O)OC)C(C)(C)OC.C=C(C(C)C)C(CC(=O)OC)C(C)C.C=C(C(C)C)C(CC(=O)OC)C(C)CC.C=C(C(C)C)C(CC(=O)OC)C(C)OC.C=C(C(C)C)C(CC(=O)OC)c1ccccc1.C=C(C(C)C)C(CC)CC(=O)OC.C=C(C(C)C)C(CCSC)CC(=O)OC.C=C(CCC(=O)OC)C(C)C. The van der Waals surface area contributed by atoms with Crippen LogP contribution in [-0.2, 0) is 105 Å². The number of benzene rings is 1. The van der Waals surface area contributed by atoms with Crippen LogP contribution in [0, 0.1) is 124 Å². The molecule has 0 aromatic heterocycles. The van der Waals surface area contributed by atoms with Crippen molar-refractivity contribution in [1.29, 1.82) is 0 Å². The molecule has 0 aliphatic heterocycles. The Kier molecular flexibility index (Phi) is 91.2. The average Bonchev–Trinajstić information content (AvgIpc) is 0.834. The van der Waals surface area contributed by atoms with Crippen LogP contribution in [-0.4, -0.2) is 169 Å². The lowest BCUT2D eigenvalue weighted by molar-refractivity contribution is -0.144. The van der Waals surface area contributed by atoms with E-state index in [2.05, 4.69) is 290 Å². The number of carbonyl (C=O) groups is 10. The van der Waals surface area contributed by atoms with Gasteiger partial charge in [-0.25, -0.2) is 0 Å². The molecular formula is C120H212O22S. The summed E-state index contributed by atoms with van der Waals surface area (Å²) < 4.78 is 57.4. The molecule has 1 aromatic rings. The minimum Gasteiger partial charge on any atom is -0.469 e. The highest BCUT2D eigenvalue weighted by atomic mass is 32.2. The van der Waals surface area contributed by atoms with Crippen LogP contribution in [0.15, 0.2) is 152 Å². The lowest BCUT2D eigenvalue weighted by Gasteiger charge is -2.35. The van der Waals surface area contributed by atoms with Gasteiger partial charge in [-0.05, 0) is 170 Å². The maximum Gasteiger partial charge on any atom is 0.306 e. The maximum absolute atomic E-state index is 11.5. The van der Waals surface area contributed by atoms with Gasteiger partial charge in [-0.2, -0.15) is 11.8 Å². The van der Waals surface area contributed by atoms with Gasteiger partial charge in [0.2, 0.25) is 0 Å². The second-order valence-electron chi connectivity index (χ2n) is 41.6. The molecule has 23 heteroatoms. The van der Waals surface area contributed by atoms with E-state index >= 15 is 0 Å². The second kappa shape index (κ2) is 85.6. The minimum atomic E-state index is -0.407. The summed E-state index contributed by atoms with van der Waals surface area (Å²) >= 11 is 1.80. The van der Waals surface area contributed by atoms with Gasteiger partial charge in [-0.1, -0.05) is 359 Å². The Balaban J connectivity index is -0.000000200. The van der Waals surface area contributed by atoms with Crippen LogP contribution in [0.4, 0.5) is 0 Å². The monoisotopic (exact) mass is 2040 g/mol. The van der Waals surface area contributed by atoms with Gasteiger partial charge < -0.3 is 56.8 Å². The number of rotatable bonds is 52. The van der Waals surface area contributed by atoms with Crippen LogP contribution >= 0.6 is 11.8 Å². The van der Waals surface area contributed by atoms with Crippen LogP contribution in [0.5, 0.6) is 0 Å². The molecule has 0 heterocycles. The van der Waals surface area contributed by atoms with Crippen molar-refractivity contribution < 1.29 is 105 Å². The predicted octanol–water partition coefficient (Wildman–Crippen LogP) is 29.1. The molecule has 0 aliphatic carbocycles. The molecular weight excluding hydrogens is 1830 g/mol. The number of carbonyl (C=O) groups excluding carboxylic acids is 10. The van der Waals surface area contributed by atoms with E-state index in [1.807, 2.05) is 58.0 Å². The van der Waals surface area contributed by atoms with Gasteiger partial charge in [-0.15, -0.1) is 0 Å². The molecule has 0 saturated heterocycles. The Hall–Kier alpha value is -8.41. The maximum atomic E-state index is 11.5. The topological polar surface area (TPSA) is 281 Å². The van der Waals surface area contributed by atoms with Crippen LogP contribution in [0.25, 0.3) is 0 Å². The Labute approximate surface area is 878 Å². The number of allylic oxidation sites excluding steroid dienone is 8. The van der Waals surface area contributed by atoms with Crippen LogP contribution in [0.3, 0.4) is 0 Å². The van der Waals surface area contributed by atoms with E-state index in [1.165, 1.54) is 71.1 Å². The normalized spacial score (nSPS) is 13.1. The summed E-state index contributed by atoms with van der Waals surface area (Å²) in [5.74, 6) is 5.82.